The normalized spacial score (nSPS) is 20.9. The molecule has 3 aliphatic rings. The molecule has 6 rings (SSSR count). The number of halogens is 2. The average Bonchev–Trinajstić information content (AvgIpc) is 3.27. The van der Waals surface area contributed by atoms with Crippen molar-refractivity contribution in [3.63, 3.8) is 0 Å². The van der Waals surface area contributed by atoms with Gasteiger partial charge in [-0.05, 0) is 61.1 Å². The minimum absolute atomic E-state index is 0.0177. The fourth-order valence-corrected chi connectivity index (χ4v) is 5.21. The maximum absolute atomic E-state index is 13.9. The molecule has 2 aliphatic carbocycles. The molecule has 204 valence electrons. The van der Waals surface area contributed by atoms with Crippen molar-refractivity contribution in [2.24, 2.45) is 5.73 Å². The summed E-state index contributed by atoms with van der Waals surface area (Å²) in [5.41, 5.74) is 6.71. The predicted octanol–water partition coefficient (Wildman–Crippen LogP) is 3.87. The van der Waals surface area contributed by atoms with Gasteiger partial charge in [-0.25, -0.2) is 13.6 Å². The topological polar surface area (TPSA) is 130 Å². The number of fused-ring (bicyclic) bond motifs is 1. The van der Waals surface area contributed by atoms with Crippen molar-refractivity contribution in [3.05, 3.63) is 54.3 Å². The van der Waals surface area contributed by atoms with E-state index in [0.717, 1.165) is 16.8 Å². The largest absolute Gasteiger partial charge is 0.451 e. The molecular weight excluding hydrogens is 508 g/mol. The number of hydrogen-bond acceptors (Lipinski definition) is 5. The number of urea groups is 1. The lowest BCUT2D eigenvalue weighted by Gasteiger charge is -2.39. The first-order chi connectivity index (χ1) is 18.5. The number of rotatable bonds is 6. The predicted molar refractivity (Wildman–Crippen MR) is 140 cm³/mol. The summed E-state index contributed by atoms with van der Waals surface area (Å²) in [6, 6.07) is 14.5. The number of furan rings is 1. The van der Waals surface area contributed by atoms with Crippen LogP contribution in [0.5, 0.6) is 0 Å². The van der Waals surface area contributed by atoms with Crippen LogP contribution in [-0.4, -0.2) is 48.1 Å². The zero-order valence-electron chi connectivity index (χ0n) is 21.2. The summed E-state index contributed by atoms with van der Waals surface area (Å²) >= 11 is 0. The fourth-order valence-electron chi connectivity index (χ4n) is 5.21. The Morgan fingerprint density at radius 2 is 1.62 bits per heavy atom. The van der Waals surface area contributed by atoms with Gasteiger partial charge in [0.2, 0.25) is 11.8 Å². The van der Waals surface area contributed by atoms with Gasteiger partial charge < -0.3 is 26.1 Å². The van der Waals surface area contributed by atoms with Crippen LogP contribution in [0.2, 0.25) is 0 Å². The second-order valence-corrected chi connectivity index (χ2v) is 10.8. The van der Waals surface area contributed by atoms with Crippen molar-refractivity contribution >= 4 is 34.5 Å². The summed E-state index contributed by atoms with van der Waals surface area (Å²) < 4.78 is 33.8. The Morgan fingerprint density at radius 3 is 2.26 bits per heavy atom. The Hall–Kier alpha value is -3.99. The van der Waals surface area contributed by atoms with Gasteiger partial charge >= 0.3 is 6.03 Å². The van der Waals surface area contributed by atoms with E-state index in [9.17, 15) is 23.2 Å². The van der Waals surface area contributed by atoms with Crippen LogP contribution in [0, 0.1) is 0 Å². The number of hydrogen-bond donors (Lipinski definition) is 4. The quantitative estimate of drug-likeness (QED) is 0.355. The lowest BCUT2D eigenvalue weighted by atomic mass is 9.78. The Morgan fingerprint density at radius 1 is 0.923 bits per heavy atom. The number of nitrogens with one attached hydrogen (secondary N) is 3. The zero-order chi connectivity index (χ0) is 27.4. The molecule has 11 heteroatoms. The Kier molecular flexibility index (Phi) is 5.87. The molecule has 2 aromatic carbocycles. The van der Waals surface area contributed by atoms with E-state index in [1.807, 2.05) is 36.4 Å². The van der Waals surface area contributed by atoms with Gasteiger partial charge in [-0.3, -0.25) is 14.5 Å². The van der Waals surface area contributed by atoms with Gasteiger partial charge in [0.25, 0.3) is 5.91 Å². The summed E-state index contributed by atoms with van der Waals surface area (Å²) in [5.74, 6) is -4.10. The van der Waals surface area contributed by atoms with E-state index >= 15 is 0 Å². The highest BCUT2D eigenvalue weighted by Gasteiger charge is 2.52. The summed E-state index contributed by atoms with van der Waals surface area (Å²) in [5, 5.41) is 8.89. The third-order valence-electron chi connectivity index (χ3n) is 7.89. The Labute approximate surface area is 223 Å². The number of carbonyl (C=O) groups excluding carboxylic acids is 3. The molecule has 0 unspecified atom stereocenters. The summed E-state index contributed by atoms with van der Waals surface area (Å²) in [4.78, 5) is 40.0. The lowest BCUT2D eigenvalue weighted by Crippen LogP contribution is -2.64. The second-order valence-electron chi connectivity index (χ2n) is 10.8. The molecule has 4 amide bonds. The Bertz CT molecular complexity index is 1450. The van der Waals surface area contributed by atoms with E-state index in [0.29, 0.717) is 36.9 Å². The van der Waals surface area contributed by atoms with E-state index in [2.05, 4.69) is 16.0 Å². The number of nitrogens with zero attached hydrogens (tertiary/aromatic N) is 1. The maximum atomic E-state index is 13.9. The van der Waals surface area contributed by atoms with Crippen LogP contribution >= 0.6 is 0 Å². The van der Waals surface area contributed by atoms with Gasteiger partial charge in [0, 0.05) is 37.0 Å². The van der Waals surface area contributed by atoms with Gasteiger partial charge in [-0.2, -0.15) is 0 Å². The van der Waals surface area contributed by atoms with Crippen molar-refractivity contribution in [2.75, 3.05) is 18.0 Å². The van der Waals surface area contributed by atoms with Gasteiger partial charge in [-0.15, -0.1) is 0 Å². The first-order valence-corrected chi connectivity index (χ1v) is 13.1. The standard InChI is InChI=1S/C28H29F2N5O4/c29-27(30)9-7-26(8-10-27,24(37)34-28(31)11-12-28)33-23(36)22-16-19-2-1-18(15-21(19)39-22)17-3-5-20(6-4-17)35-14-13-32-25(35)38/h1-6,15-16H,7-14,31H2,(H,32,38)(H,33,36)(H,34,37). The summed E-state index contributed by atoms with van der Waals surface area (Å²) in [7, 11) is 0. The van der Waals surface area contributed by atoms with E-state index in [1.54, 1.807) is 17.0 Å². The summed E-state index contributed by atoms with van der Waals surface area (Å²) in [6.07, 6.45) is -0.228. The molecule has 0 spiro atoms. The third kappa shape index (κ3) is 4.94. The molecule has 9 nitrogen and oxygen atoms in total. The molecule has 1 aromatic heterocycles. The lowest BCUT2D eigenvalue weighted by molar-refractivity contribution is -0.134. The molecule has 2 heterocycles. The first-order valence-electron chi connectivity index (χ1n) is 13.1. The number of alkyl halides is 2. The minimum Gasteiger partial charge on any atom is -0.451 e. The average molecular weight is 538 g/mol. The number of amides is 4. The molecule has 39 heavy (non-hydrogen) atoms. The number of carbonyl (C=O) groups is 3. The summed E-state index contributed by atoms with van der Waals surface area (Å²) in [6.45, 7) is 1.22. The fraction of sp³-hybridized carbons (Fsp3) is 0.393. The molecule has 0 radical (unpaired) electrons. The number of anilines is 1. The van der Waals surface area contributed by atoms with E-state index in [4.69, 9.17) is 10.2 Å². The SMILES string of the molecule is NC1(NC(=O)C2(NC(=O)c3cc4ccc(-c5ccc(N6CCNC6=O)cc5)cc4o3)CCC(F)(F)CC2)CC1. The van der Waals surface area contributed by atoms with Crippen LogP contribution in [0.25, 0.3) is 22.1 Å². The molecule has 0 atom stereocenters. The highest BCUT2D eigenvalue weighted by atomic mass is 19.3. The molecule has 3 aromatic rings. The molecule has 2 saturated carbocycles. The second kappa shape index (κ2) is 9.04. The maximum Gasteiger partial charge on any atom is 0.321 e. The third-order valence-corrected chi connectivity index (χ3v) is 7.89. The zero-order valence-corrected chi connectivity index (χ0v) is 21.2. The van der Waals surface area contributed by atoms with Crippen LogP contribution in [0.1, 0.15) is 49.1 Å². The highest BCUT2D eigenvalue weighted by Crippen LogP contribution is 2.40. The molecule has 3 fully saturated rings. The minimum atomic E-state index is -2.89. The van der Waals surface area contributed by atoms with Gasteiger partial charge in [-0.1, -0.05) is 24.3 Å². The van der Waals surface area contributed by atoms with E-state index in [1.165, 1.54) is 0 Å². The molecule has 5 N–H and O–H groups in total. The van der Waals surface area contributed by atoms with Gasteiger partial charge in [0.15, 0.2) is 5.76 Å². The van der Waals surface area contributed by atoms with Crippen molar-refractivity contribution in [3.8, 4) is 11.1 Å². The molecular formula is C28H29F2N5O4. The molecule has 1 saturated heterocycles. The van der Waals surface area contributed by atoms with E-state index in [-0.39, 0.29) is 24.6 Å². The van der Waals surface area contributed by atoms with Crippen molar-refractivity contribution in [1.82, 2.24) is 16.0 Å². The van der Waals surface area contributed by atoms with Crippen LogP contribution in [0.4, 0.5) is 19.3 Å². The van der Waals surface area contributed by atoms with E-state index < -0.39 is 41.8 Å². The number of benzene rings is 2. The van der Waals surface area contributed by atoms with Gasteiger partial charge in [0.1, 0.15) is 11.1 Å². The molecule has 0 bridgehead atoms. The monoisotopic (exact) mass is 537 g/mol. The Balaban J connectivity index is 1.22. The van der Waals surface area contributed by atoms with Crippen LogP contribution in [-0.2, 0) is 4.79 Å². The first kappa shape index (κ1) is 25.3. The van der Waals surface area contributed by atoms with Crippen LogP contribution in [0.15, 0.2) is 52.9 Å². The van der Waals surface area contributed by atoms with Crippen molar-refractivity contribution in [1.29, 1.82) is 0 Å². The highest BCUT2D eigenvalue weighted by molar-refractivity contribution is 6.01. The van der Waals surface area contributed by atoms with Crippen molar-refractivity contribution < 1.29 is 27.6 Å². The molecule has 1 aliphatic heterocycles. The van der Waals surface area contributed by atoms with Crippen molar-refractivity contribution in [2.45, 2.75) is 55.6 Å². The van der Waals surface area contributed by atoms with Crippen LogP contribution < -0.4 is 26.6 Å². The smallest absolute Gasteiger partial charge is 0.321 e. The number of nitrogens with two attached hydrogens (primary N) is 1. The van der Waals surface area contributed by atoms with Gasteiger partial charge in [0.05, 0.1) is 5.66 Å². The van der Waals surface area contributed by atoms with Crippen LogP contribution in [0.3, 0.4) is 0 Å².